The summed E-state index contributed by atoms with van der Waals surface area (Å²) >= 11 is 6.01. The van der Waals surface area contributed by atoms with Gasteiger partial charge in [0, 0.05) is 25.2 Å². The fraction of sp³-hybridized carbons (Fsp3) is 0.462. The van der Waals surface area contributed by atoms with Crippen LogP contribution in [0.1, 0.15) is 24.2 Å². The predicted molar refractivity (Wildman–Crippen MR) is 71.1 cm³/mol. The summed E-state index contributed by atoms with van der Waals surface area (Å²) in [5.41, 5.74) is 0.256. The first-order valence-corrected chi connectivity index (χ1v) is 6.30. The van der Waals surface area contributed by atoms with Crippen LogP contribution in [-0.4, -0.2) is 41.1 Å². The molecule has 0 unspecified atom stereocenters. The molecule has 1 aliphatic rings. The number of piperazine rings is 1. The summed E-state index contributed by atoms with van der Waals surface area (Å²) in [6.45, 7) is 6.13. The number of nitrogens with one attached hydrogen (secondary N) is 1. The predicted octanol–water partition coefficient (Wildman–Crippen LogP) is 1.87. The first-order valence-electron chi connectivity index (χ1n) is 5.92. The number of carbonyl (C=O) groups excluding carboxylic acids is 1. The minimum atomic E-state index is -0.134. The molecule has 0 radical (unpaired) electrons. The summed E-state index contributed by atoms with van der Waals surface area (Å²) in [5.74, 6) is -0.0809. The minimum absolute atomic E-state index is 0.0529. The van der Waals surface area contributed by atoms with E-state index >= 15 is 0 Å². The van der Waals surface area contributed by atoms with E-state index in [9.17, 15) is 9.90 Å². The Hall–Kier alpha value is -1.26. The Bertz CT molecular complexity index is 474. The van der Waals surface area contributed by atoms with Crippen LogP contribution in [-0.2, 0) is 0 Å². The van der Waals surface area contributed by atoms with Crippen molar-refractivity contribution in [2.45, 2.75) is 19.4 Å². The summed E-state index contributed by atoms with van der Waals surface area (Å²) in [5, 5.41) is 13.2. The molecule has 1 aromatic rings. The molecule has 1 aliphatic heterocycles. The summed E-state index contributed by atoms with van der Waals surface area (Å²) in [7, 11) is 0. The van der Waals surface area contributed by atoms with Gasteiger partial charge in [0.15, 0.2) is 0 Å². The maximum Gasteiger partial charge on any atom is 0.255 e. The van der Waals surface area contributed by atoms with Crippen molar-refractivity contribution >= 4 is 17.5 Å². The van der Waals surface area contributed by atoms with Crippen LogP contribution < -0.4 is 5.32 Å². The van der Waals surface area contributed by atoms with Gasteiger partial charge < -0.3 is 15.3 Å². The third-order valence-corrected chi connectivity index (χ3v) is 3.37. The molecule has 98 valence electrons. The van der Waals surface area contributed by atoms with E-state index in [2.05, 4.69) is 19.2 Å². The summed E-state index contributed by atoms with van der Waals surface area (Å²) < 4.78 is 0. The molecule has 0 aliphatic carbocycles. The zero-order chi connectivity index (χ0) is 13.3. The highest BCUT2D eigenvalue weighted by molar-refractivity contribution is 6.33. The molecule has 1 amide bonds. The Labute approximate surface area is 112 Å². The number of aromatic hydroxyl groups is 1. The Balaban J connectivity index is 2.23. The van der Waals surface area contributed by atoms with Gasteiger partial charge in [-0.2, -0.15) is 0 Å². The number of rotatable bonds is 1. The molecule has 1 aromatic carbocycles. The summed E-state index contributed by atoms with van der Waals surface area (Å²) in [6.07, 6.45) is 0. The van der Waals surface area contributed by atoms with E-state index in [1.54, 1.807) is 4.90 Å². The second kappa shape index (κ2) is 4.78. The smallest absolute Gasteiger partial charge is 0.255 e. The SMILES string of the molecule is CC1(C)CN(C(=O)c2cc(O)ccc2Cl)CCN1. The van der Waals surface area contributed by atoms with Gasteiger partial charge in [0.25, 0.3) is 5.91 Å². The molecule has 18 heavy (non-hydrogen) atoms. The maximum atomic E-state index is 12.4. The zero-order valence-corrected chi connectivity index (χ0v) is 11.3. The zero-order valence-electron chi connectivity index (χ0n) is 10.5. The van der Waals surface area contributed by atoms with Crippen LogP contribution in [0.25, 0.3) is 0 Å². The van der Waals surface area contributed by atoms with E-state index in [1.165, 1.54) is 18.2 Å². The van der Waals surface area contributed by atoms with Gasteiger partial charge in [-0.3, -0.25) is 4.79 Å². The van der Waals surface area contributed by atoms with Crippen LogP contribution >= 0.6 is 11.6 Å². The largest absolute Gasteiger partial charge is 0.508 e. The van der Waals surface area contributed by atoms with Crippen molar-refractivity contribution in [2.75, 3.05) is 19.6 Å². The van der Waals surface area contributed by atoms with Crippen molar-refractivity contribution in [3.8, 4) is 5.75 Å². The topological polar surface area (TPSA) is 52.6 Å². The quantitative estimate of drug-likeness (QED) is 0.818. The molecular weight excluding hydrogens is 252 g/mol. The van der Waals surface area contributed by atoms with E-state index < -0.39 is 0 Å². The second-order valence-corrected chi connectivity index (χ2v) is 5.61. The van der Waals surface area contributed by atoms with Gasteiger partial charge >= 0.3 is 0 Å². The van der Waals surface area contributed by atoms with Crippen molar-refractivity contribution in [3.05, 3.63) is 28.8 Å². The van der Waals surface area contributed by atoms with Gasteiger partial charge in [0.05, 0.1) is 10.6 Å². The van der Waals surface area contributed by atoms with Gasteiger partial charge in [0.2, 0.25) is 0 Å². The highest BCUT2D eigenvalue weighted by Crippen LogP contribution is 2.23. The molecule has 4 nitrogen and oxygen atoms in total. The third-order valence-electron chi connectivity index (χ3n) is 3.04. The molecule has 1 saturated heterocycles. The molecular formula is C13H17ClN2O2. The number of benzene rings is 1. The molecule has 0 atom stereocenters. The number of nitrogens with zero attached hydrogens (tertiary/aromatic N) is 1. The first kappa shape index (κ1) is 13.2. The molecule has 2 rings (SSSR count). The van der Waals surface area contributed by atoms with Crippen molar-refractivity contribution in [1.29, 1.82) is 0 Å². The van der Waals surface area contributed by atoms with E-state index in [0.29, 0.717) is 23.7 Å². The number of halogens is 1. The molecule has 0 spiro atoms. The minimum Gasteiger partial charge on any atom is -0.508 e. The van der Waals surface area contributed by atoms with Crippen LogP contribution in [0, 0.1) is 0 Å². The van der Waals surface area contributed by atoms with Crippen molar-refractivity contribution < 1.29 is 9.90 Å². The van der Waals surface area contributed by atoms with Crippen LogP contribution in [0.2, 0.25) is 5.02 Å². The van der Waals surface area contributed by atoms with E-state index in [0.717, 1.165) is 6.54 Å². The van der Waals surface area contributed by atoms with E-state index in [4.69, 9.17) is 11.6 Å². The van der Waals surface area contributed by atoms with Gasteiger partial charge in [0.1, 0.15) is 5.75 Å². The van der Waals surface area contributed by atoms with Crippen molar-refractivity contribution in [3.63, 3.8) is 0 Å². The lowest BCUT2D eigenvalue weighted by Gasteiger charge is -2.39. The van der Waals surface area contributed by atoms with E-state index in [1.807, 2.05) is 0 Å². The monoisotopic (exact) mass is 268 g/mol. The Morgan fingerprint density at radius 2 is 2.22 bits per heavy atom. The highest BCUT2D eigenvalue weighted by Gasteiger charge is 2.29. The number of phenolic OH excluding ortho intramolecular Hbond substituents is 1. The lowest BCUT2D eigenvalue weighted by Crippen LogP contribution is -2.58. The van der Waals surface area contributed by atoms with Gasteiger partial charge in [-0.1, -0.05) is 11.6 Å². The number of phenols is 1. The standard InChI is InChI=1S/C13H17ClN2O2/c1-13(2)8-16(6-5-15-13)12(18)10-7-9(17)3-4-11(10)14/h3-4,7,15,17H,5-6,8H2,1-2H3. The van der Waals surface area contributed by atoms with Gasteiger partial charge in [-0.15, -0.1) is 0 Å². The maximum absolute atomic E-state index is 12.4. The normalized spacial score (nSPS) is 18.7. The van der Waals surface area contributed by atoms with Crippen LogP contribution in [0.3, 0.4) is 0 Å². The average Bonchev–Trinajstić information content (AvgIpc) is 2.30. The first-order chi connectivity index (χ1) is 8.39. The van der Waals surface area contributed by atoms with Crippen molar-refractivity contribution in [2.24, 2.45) is 0 Å². The lowest BCUT2D eigenvalue weighted by atomic mass is 10.0. The molecule has 0 bridgehead atoms. The van der Waals surface area contributed by atoms with Gasteiger partial charge in [-0.25, -0.2) is 0 Å². The number of hydrogen-bond donors (Lipinski definition) is 2. The van der Waals surface area contributed by atoms with Crippen LogP contribution in [0.4, 0.5) is 0 Å². The fourth-order valence-corrected chi connectivity index (χ4v) is 2.36. The molecule has 5 heteroatoms. The Morgan fingerprint density at radius 3 is 2.89 bits per heavy atom. The van der Waals surface area contributed by atoms with Gasteiger partial charge in [-0.05, 0) is 32.0 Å². The number of carbonyl (C=O) groups is 1. The van der Waals surface area contributed by atoms with Crippen molar-refractivity contribution in [1.82, 2.24) is 10.2 Å². The number of amides is 1. The molecule has 0 saturated carbocycles. The van der Waals surface area contributed by atoms with Crippen LogP contribution in [0.5, 0.6) is 5.75 Å². The second-order valence-electron chi connectivity index (χ2n) is 5.20. The molecule has 2 N–H and O–H groups in total. The number of hydrogen-bond acceptors (Lipinski definition) is 3. The lowest BCUT2D eigenvalue weighted by molar-refractivity contribution is 0.0652. The molecule has 1 fully saturated rings. The fourth-order valence-electron chi connectivity index (χ4n) is 2.16. The summed E-state index contributed by atoms with van der Waals surface area (Å²) in [4.78, 5) is 14.1. The third kappa shape index (κ3) is 2.76. The Kier molecular flexibility index (Phi) is 3.50. The molecule has 1 heterocycles. The van der Waals surface area contributed by atoms with Crippen LogP contribution in [0.15, 0.2) is 18.2 Å². The Morgan fingerprint density at radius 1 is 1.50 bits per heavy atom. The van der Waals surface area contributed by atoms with E-state index in [-0.39, 0.29) is 17.2 Å². The summed E-state index contributed by atoms with van der Waals surface area (Å²) in [6, 6.07) is 4.43. The highest BCUT2D eigenvalue weighted by atomic mass is 35.5. The average molecular weight is 269 g/mol. The molecule has 0 aromatic heterocycles.